The molecule has 1 aromatic heterocycles. The molecule has 166 valence electrons. The van der Waals surface area contributed by atoms with E-state index in [1.165, 1.54) is 10.4 Å². The molecule has 1 aliphatic heterocycles. The predicted molar refractivity (Wildman–Crippen MR) is 121 cm³/mol. The Morgan fingerprint density at radius 1 is 1.12 bits per heavy atom. The topological polar surface area (TPSA) is 93.9 Å². The minimum Gasteiger partial charge on any atom is -0.451 e. The summed E-state index contributed by atoms with van der Waals surface area (Å²) < 4.78 is 36.4. The van der Waals surface area contributed by atoms with Crippen molar-refractivity contribution in [1.82, 2.24) is 0 Å². The fraction of sp³-hybridized carbons (Fsp3) is 0.217. The molecule has 7 nitrogen and oxygen atoms in total. The number of rotatable bonds is 7. The molecule has 0 radical (unpaired) electrons. The third kappa shape index (κ3) is 4.28. The molecule has 0 N–H and O–H groups in total. The first kappa shape index (κ1) is 22.1. The molecule has 0 saturated carbocycles. The fourth-order valence-electron chi connectivity index (χ4n) is 3.53. The summed E-state index contributed by atoms with van der Waals surface area (Å²) in [5.74, 6) is -0.774. The van der Waals surface area contributed by atoms with E-state index >= 15 is 0 Å². The van der Waals surface area contributed by atoms with Gasteiger partial charge in [-0.05, 0) is 61.4 Å². The molecule has 32 heavy (non-hydrogen) atoms. The van der Waals surface area contributed by atoms with Crippen LogP contribution in [0.5, 0.6) is 0 Å². The summed E-state index contributed by atoms with van der Waals surface area (Å²) in [7, 11) is -3.36. The third-order valence-corrected chi connectivity index (χ3v) is 7.35. The highest BCUT2D eigenvalue weighted by Crippen LogP contribution is 2.32. The molecule has 0 aliphatic carbocycles. The molecule has 0 unspecified atom stereocenters. The van der Waals surface area contributed by atoms with Crippen LogP contribution in [0.1, 0.15) is 33.4 Å². The van der Waals surface area contributed by atoms with Gasteiger partial charge in [0.25, 0.3) is 0 Å². The second kappa shape index (κ2) is 8.80. The van der Waals surface area contributed by atoms with E-state index in [-0.39, 0.29) is 11.5 Å². The van der Waals surface area contributed by atoms with Gasteiger partial charge < -0.3 is 9.15 Å². The lowest BCUT2D eigenvalue weighted by Crippen LogP contribution is -2.30. The van der Waals surface area contributed by atoms with Crippen molar-refractivity contribution < 1.29 is 27.2 Å². The Morgan fingerprint density at radius 3 is 2.66 bits per heavy atom. The summed E-state index contributed by atoms with van der Waals surface area (Å²) in [5.41, 5.74) is 2.35. The van der Waals surface area contributed by atoms with Gasteiger partial charge in [0.05, 0.1) is 16.5 Å². The van der Waals surface area contributed by atoms with Crippen molar-refractivity contribution >= 4 is 39.1 Å². The van der Waals surface area contributed by atoms with Gasteiger partial charge in [-0.1, -0.05) is 23.7 Å². The summed E-state index contributed by atoms with van der Waals surface area (Å²) in [5, 5.41) is 0.485. The number of halogens is 1. The van der Waals surface area contributed by atoms with Gasteiger partial charge in [-0.25, -0.2) is 13.2 Å². The Balaban J connectivity index is 1.42. The fourth-order valence-corrected chi connectivity index (χ4v) is 4.92. The number of fused-ring (bicyclic) bond motifs is 1. The second-order valence-corrected chi connectivity index (χ2v) is 9.80. The first-order chi connectivity index (χ1) is 15.3. The third-order valence-electron chi connectivity index (χ3n) is 5.24. The number of anilines is 1. The summed E-state index contributed by atoms with van der Waals surface area (Å²) in [6.07, 6.45) is 0.521. The SMILES string of the molecule is CCS(=O)(=O)N1CCc2cc(C(=O)COC(=O)c3ccc(-c4ccccc4Cl)o3)ccc21. The number of benzene rings is 2. The van der Waals surface area contributed by atoms with Crippen molar-refractivity contribution in [1.29, 1.82) is 0 Å². The van der Waals surface area contributed by atoms with Gasteiger partial charge in [-0.2, -0.15) is 0 Å². The lowest BCUT2D eigenvalue weighted by molar-refractivity contribution is 0.0445. The number of sulfonamides is 1. The zero-order chi connectivity index (χ0) is 22.9. The zero-order valence-electron chi connectivity index (χ0n) is 17.2. The molecule has 1 aliphatic rings. The normalized spacial score (nSPS) is 13.1. The number of ketones is 1. The van der Waals surface area contributed by atoms with E-state index in [2.05, 4.69) is 0 Å². The maximum Gasteiger partial charge on any atom is 0.374 e. The minimum absolute atomic E-state index is 0.00798. The molecule has 2 aromatic carbocycles. The standard InChI is InChI=1S/C23H20ClNO6S/c1-2-32(28,29)25-12-11-15-13-16(7-8-19(15)25)20(26)14-30-23(27)22-10-9-21(31-22)17-5-3-4-6-18(17)24/h3-10,13H,2,11-12,14H2,1H3. The number of Topliss-reactive ketones (excluding diaryl/α,β-unsaturated/α-hetero) is 1. The van der Waals surface area contributed by atoms with Crippen LogP contribution in [-0.2, 0) is 21.2 Å². The van der Waals surface area contributed by atoms with Gasteiger partial charge >= 0.3 is 5.97 Å². The molecule has 9 heteroatoms. The quantitative estimate of drug-likeness (QED) is 0.374. The number of carbonyl (C=O) groups excluding carboxylic acids is 2. The van der Waals surface area contributed by atoms with Gasteiger partial charge in [0, 0.05) is 17.7 Å². The smallest absolute Gasteiger partial charge is 0.374 e. The Morgan fingerprint density at radius 2 is 1.91 bits per heavy atom. The Bertz CT molecular complexity index is 1300. The van der Waals surface area contributed by atoms with Crippen LogP contribution in [0.25, 0.3) is 11.3 Å². The molecule has 0 fully saturated rings. The van der Waals surface area contributed by atoms with Crippen LogP contribution in [0, 0.1) is 0 Å². The van der Waals surface area contributed by atoms with Crippen LogP contribution in [0.2, 0.25) is 5.02 Å². The van der Waals surface area contributed by atoms with Crippen LogP contribution in [0.4, 0.5) is 5.69 Å². The lowest BCUT2D eigenvalue weighted by Gasteiger charge is -2.18. The van der Waals surface area contributed by atoms with Crippen molar-refractivity contribution in [2.24, 2.45) is 0 Å². The molecule has 0 amide bonds. The number of furan rings is 1. The Hall–Kier alpha value is -3.10. The van der Waals surface area contributed by atoms with E-state index in [1.54, 1.807) is 55.5 Å². The maximum atomic E-state index is 12.5. The molecular formula is C23H20ClNO6S. The van der Waals surface area contributed by atoms with Gasteiger partial charge in [0.1, 0.15) is 5.76 Å². The molecule has 0 atom stereocenters. The van der Waals surface area contributed by atoms with Crippen molar-refractivity contribution in [3.63, 3.8) is 0 Å². The monoisotopic (exact) mass is 473 g/mol. The van der Waals surface area contributed by atoms with E-state index in [0.717, 1.165) is 5.56 Å². The van der Waals surface area contributed by atoms with Crippen LogP contribution < -0.4 is 4.31 Å². The average Bonchev–Trinajstić information content (AvgIpc) is 3.45. The van der Waals surface area contributed by atoms with Gasteiger partial charge in [0.2, 0.25) is 15.8 Å². The Labute approximate surface area is 190 Å². The van der Waals surface area contributed by atoms with Crippen LogP contribution in [0.3, 0.4) is 0 Å². The zero-order valence-corrected chi connectivity index (χ0v) is 18.8. The van der Waals surface area contributed by atoms with Crippen molar-refractivity contribution in [3.8, 4) is 11.3 Å². The second-order valence-electron chi connectivity index (χ2n) is 7.21. The summed E-state index contributed by atoms with van der Waals surface area (Å²) >= 11 is 6.14. The maximum absolute atomic E-state index is 12.5. The molecule has 2 heterocycles. The van der Waals surface area contributed by atoms with E-state index in [4.69, 9.17) is 20.8 Å². The summed E-state index contributed by atoms with van der Waals surface area (Å²) in [4.78, 5) is 24.8. The number of hydrogen-bond acceptors (Lipinski definition) is 6. The van der Waals surface area contributed by atoms with Gasteiger partial charge in [-0.3, -0.25) is 9.10 Å². The highest BCUT2D eigenvalue weighted by Gasteiger charge is 2.28. The summed E-state index contributed by atoms with van der Waals surface area (Å²) in [6.45, 7) is 1.48. The van der Waals surface area contributed by atoms with E-state index in [0.29, 0.717) is 40.6 Å². The predicted octanol–water partition coefficient (Wildman–Crippen LogP) is 4.35. The van der Waals surface area contributed by atoms with Crippen LogP contribution >= 0.6 is 11.6 Å². The number of nitrogens with zero attached hydrogens (tertiary/aromatic N) is 1. The van der Waals surface area contributed by atoms with E-state index < -0.39 is 28.4 Å². The van der Waals surface area contributed by atoms with Crippen molar-refractivity contribution in [2.75, 3.05) is 23.2 Å². The van der Waals surface area contributed by atoms with Gasteiger partial charge in [0.15, 0.2) is 12.4 Å². The molecule has 0 spiro atoms. The largest absolute Gasteiger partial charge is 0.451 e. The number of hydrogen-bond donors (Lipinski definition) is 0. The van der Waals surface area contributed by atoms with Crippen LogP contribution in [0.15, 0.2) is 59.0 Å². The molecule has 0 saturated heterocycles. The van der Waals surface area contributed by atoms with E-state index in [1.807, 2.05) is 0 Å². The first-order valence-corrected chi connectivity index (χ1v) is 12.0. The molecule has 4 rings (SSSR count). The first-order valence-electron chi connectivity index (χ1n) is 9.98. The molecular weight excluding hydrogens is 454 g/mol. The molecule has 0 bridgehead atoms. The molecule has 3 aromatic rings. The van der Waals surface area contributed by atoms with E-state index in [9.17, 15) is 18.0 Å². The van der Waals surface area contributed by atoms with Crippen molar-refractivity contribution in [3.05, 3.63) is 76.5 Å². The number of ether oxygens (including phenoxy) is 1. The highest BCUT2D eigenvalue weighted by molar-refractivity contribution is 7.92. The number of esters is 1. The summed E-state index contributed by atoms with van der Waals surface area (Å²) in [6, 6.07) is 14.9. The van der Waals surface area contributed by atoms with Crippen molar-refractivity contribution in [2.45, 2.75) is 13.3 Å². The minimum atomic E-state index is -3.36. The Kier molecular flexibility index (Phi) is 6.08. The average molecular weight is 474 g/mol. The lowest BCUT2D eigenvalue weighted by atomic mass is 10.1. The highest BCUT2D eigenvalue weighted by atomic mass is 35.5. The van der Waals surface area contributed by atoms with Crippen LogP contribution in [-0.4, -0.2) is 39.1 Å². The van der Waals surface area contributed by atoms with Gasteiger partial charge in [-0.15, -0.1) is 0 Å². The number of carbonyl (C=O) groups is 2.